The maximum absolute atomic E-state index is 14.0. The van der Waals surface area contributed by atoms with Gasteiger partial charge in [0.2, 0.25) is 5.76 Å². The van der Waals surface area contributed by atoms with Crippen LogP contribution in [0.15, 0.2) is 75.9 Å². The third kappa shape index (κ3) is 4.20. The third-order valence-corrected chi connectivity index (χ3v) is 6.30. The first-order valence-electron chi connectivity index (χ1n) is 11.9. The maximum Gasteiger partial charge on any atom is 0.295 e. The van der Waals surface area contributed by atoms with Gasteiger partial charge in [-0.05, 0) is 66.9 Å². The van der Waals surface area contributed by atoms with Crippen molar-refractivity contribution in [3.63, 3.8) is 0 Å². The van der Waals surface area contributed by atoms with E-state index in [0.717, 1.165) is 36.5 Å². The molecule has 1 aliphatic rings. The number of hydrogen-bond acceptors (Lipinski definition) is 4. The molecule has 5 nitrogen and oxygen atoms in total. The van der Waals surface area contributed by atoms with Crippen LogP contribution >= 0.6 is 0 Å². The molecule has 6 heteroatoms. The van der Waals surface area contributed by atoms with Crippen LogP contribution in [0.25, 0.3) is 11.0 Å². The normalized spacial score (nSPS) is 15.0. The van der Waals surface area contributed by atoms with Crippen LogP contribution in [-0.4, -0.2) is 12.5 Å². The number of benzene rings is 3. The Morgan fingerprint density at radius 1 is 1.00 bits per heavy atom. The number of ether oxygens (including phenoxy) is 1. The Balaban J connectivity index is 1.68. The fraction of sp³-hybridized carbons (Fsp3) is 0.241. The van der Waals surface area contributed by atoms with Crippen molar-refractivity contribution in [1.29, 1.82) is 0 Å². The summed E-state index contributed by atoms with van der Waals surface area (Å²) in [5.41, 5.74) is 2.32. The lowest BCUT2D eigenvalue weighted by atomic mass is 9.98. The summed E-state index contributed by atoms with van der Waals surface area (Å²) in [6, 6.07) is 18.0. The molecule has 0 radical (unpaired) electrons. The second-order valence-corrected chi connectivity index (χ2v) is 8.86. The molecule has 0 fully saturated rings. The number of rotatable bonds is 7. The summed E-state index contributed by atoms with van der Waals surface area (Å²) >= 11 is 0. The quantitative estimate of drug-likeness (QED) is 0.287. The van der Waals surface area contributed by atoms with Gasteiger partial charge in [-0.25, -0.2) is 4.39 Å². The zero-order chi connectivity index (χ0) is 24.5. The molecule has 1 aromatic heterocycles. The number of anilines is 1. The summed E-state index contributed by atoms with van der Waals surface area (Å²) in [7, 11) is 0. The predicted octanol–water partition coefficient (Wildman–Crippen LogP) is 6.56. The van der Waals surface area contributed by atoms with Crippen LogP contribution in [0.1, 0.15) is 59.5 Å². The number of nitrogens with zero attached hydrogens (tertiary/aromatic N) is 1. The van der Waals surface area contributed by atoms with Crippen molar-refractivity contribution in [1.82, 2.24) is 0 Å². The average molecular weight is 472 g/mol. The molecule has 0 saturated heterocycles. The Morgan fingerprint density at radius 3 is 2.63 bits per heavy atom. The van der Waals surface area contributed by atoms with E-state index in [4.69, 9.17) is 9.15 Å². The van der Waals surface area contributed by atoms with Gasteiger partial charge in [-0.2, -0.15) is 0 Å². The second kappa shape index (κ2) is 9.37. The number of amides is 1. The van der Waals surface area contributed by atoms with Crippen LogP contribution in [0.2, 0.25) is 0 Å². The molecule has 5 rings (SSSR count). The summed E-state index contributed by atoms with van der Waals surface area (Å²) in [6.45, 7) is 4.67. The molecule has 2 heterocycles. The fourth-order valence-corrected chi connectivity index (χ4v) is 4.62. The highest BCUT2D eigenvalue weighted by atomic mass is 19.1. The lowest BCUT2D eigenvalue weighted by Gasteiger charge is -2.26. The second-order valence-electron chi connectivity index (χ2n) is 8.86. The molecule has 0 saturated carbocycles. The molecule has 1 atom stereocenters. The summed E-state index contributed by atoms with van der Waals surface area (Å²) in [5.74, 6) is -0.299. The first kappa shape index (κ1) is 22.8. The Hall–Kier alpha value is -3.93. The Kier molecular flexibility index (Phi) is 6.12. The van der Waals surface area contributed by atoms with E-state index in [-0.39, 0.29) is 22.3 Å². The first-order valence-corrected chi connectivity index (χ1v) is 11.9. The minimum Gasteiger partial charge on any atom is -0.494 e. The lowest BCUT2D eigenvalue weighted by Crippen LogP contribution is -2.29. The van der Waals surface area contributed by atoms with E-state index in [2.05, 4.69) is 6.92 Å². The molecule has 1 aliphatic heterocycles. The number of halogens is 1. The van der Waals surface area contributed by atoms with Crippen molar-refractivity contribution in [2.75, 3.05) is 11.5 Å². The highest BCUT2D eigenvalue weighted by molar-refractivity contribution is 6.10. The SMILES string of the molecule is CCCCCOc1cccc(C2c3c(oc4ccc(F)cc4c3=O)C(=O)N2c2cccc(C)c2)c1. The molecular formula is C29H26FNO4. The van der Waals surface area contributed by atoms with Crippen LogP contribution in [0.3, 0.4) is 0 Å². The largest absolute Gasteiger partial charge is 0.494 e. The first-order chi connectivity index (χ1) is 17.0. The van der Waals surface area contributed by atoms with Gasteiger partial charge in [0.05, 0.1) is 23.6 Å². The van der Waals surface area contributed by atoms with Crippen LogP contribution in [0.4, 0.5) is 10.1 Å². The Bertz CT molecular complexity index is 1480. The zero-order valence-electron chi connectivity index (χ0n) is 19.7. The minimum absolute atomic E-state index is 0.0186. The monoisotopic (exact) mass is 471 g/mol. The van der Waals surface area contributed by atoms with Crippen molar-refractivity contribution in [2.24, 2.45) is 0 Å². The van der Waals surface area contributed by atoms with Gasteiger partial charge in [-0.1, -0.05) is 44.0 Å². The predicted molar refractivity (Wildman–Crippen MR) is 134 cm³/mol. The van der Waals surface area contributed by atoms with Gasteiger partial charge in [-0.3, -0.25) is 14.5 Å². The highest BCUT2D eigenvalue weighted by Gasteiger charge is 2.43. The maximum atomic E-state index is 14.0. The van der Waals surface area contributed by atoms with E-state index in [1.54, 1.807) is 4.90 Å². The molecule has 1 amide bonds. The molecule has 1 unspecified atom stereocenters. The van der Waals surface area contributed by atoms with Crippen LogP contribution in [0, 0.1) is 12.7 Å². The van der Waals surface area contributed by atoms with Crippen molar-refractivity contribution in [3.05, 3.63) is 105 Å². The van der Waals surface area contributed by atoms with E-state index < -0.39 is 23.2 Å². The highest BCUT2D eigenvalue weighted by Crippen LogP contribution is 2.42. The standard InChI is InChI=1S/C29H26FNO4/c1-3-4-5-14-34-22-11-7-9-19(16-22)26-25-27(32)23-17-20(30)12-13-24(23)35-28(25)29(33)31(26)21-10-6-8-18(2)15-21/h6-13,15-17,26H,3-5,14H2,1-2H3. The van der Waals surface area contributed by atoms with Gasteiger partial charge >= 0.3 is 0 Å². The van der Waals surface area contributed by atoms with Crippen LogP contribution < -0.4 is 15.1 Å². The molecular weight excluding hydrogens is 445 g/mol. The number of hydrogen-bond donors (Lipinski definition) is 0. The van der Waals surface area contributed by atoms with Crippen molar-refractivity contribution in [2.45, 2.75) is 39.2 Å². The molecule has 0 bridgehead atoms. The van der Waals surface area contributed by atoms with Gasteiger partial charge in [0.25, 0.3) is 5.91 Å². The summed E-state index contributed by atoms with van der Waals surface area (Å²) < 4.78 is 25.9. The molecule has 0 spiro atoms. The van der Waals surface area contributed by atoms with Gasteiger partial charge in [0, 0.05) is 5.69 Å². The van der Waals surface area contributed by atoms with Gasteiger partial charge in [0.1, 0.15) is 17.1 Å². The summed E-state index contributed by atoms with van der Waals surface area (Å²) in [6.07, 6.45) is 3.12. The number of fused-ring (bicyclic) bond motifs is 2. The van der Waals surface area contributed by atoms with Crippen molar-refractivity contribution in [3.8, 4) is 5.75 Å². The molecule has 0 aliphatic carbocycles. The molecule has 35 heavy (non-hydrogen) atoms. The smallest absolute Gasteiger partial charge is 0.295 e. The van der Waals surface area contributed by atoms with Crippen molar-refractivity contribution < 1.29 is 18.3 Å². The van der Waals surface area contributed by atoms with Gasteiger partial charge < -0.3 is 9.15 Å². The Labute approximate surface area is 202 Å². The van der Waals surface area contributed by atoms with Gasteiger partial charge in [-0.15, -0.1) is 0 Å². The van der Waals surface area contributed by atoms with E-state index in [0.29, 0.717) is 18.0 Å². The van der Waals surface area contributed by atoms with E-state index in [9.17, 15) is 14.0 Å². The van der Waals surface area contributed by atoms with E-state index >= 15 is 0 Å². The summed E-state index contributed by atoms with van der Waals surface area (Å²) in [5, 5.41) is 0.111. The molecule has 178 valence electrons. The van der Waals surface area contributed by atoms with Crippen molar-refractivity contribution >= 4 is 22.6 Å². The number of carbonyl (C=O) groups excluding carboxylic acids is 1. The third-order valence-electron chi connectivity index (χ3n) is 6.30. The lowest BCUT2D eigenvalue weighted by molar-refractivity contribution is 0.0971. The fourth-order valence-electron chi connectivity index (χ4n) is 4.62. The average Bonchev–Trinajstić information content (AvgIpc) is 3.15. The number of aryl methyl sites for hydroxylation is 1. The Morgan fingerprint density at radius 2 is 1.83 bits per heavy atom. The summed E-state index contributed by atoms with van der Waals surface area (Å²) in [4.78, 5) is 28.9. The van der Waals surface area contributed by atoms with E-state index in [1.807, 2.05) is 55.5 Å². The minimum atomic E-state index is -0.734. The van der Waals surface area contributed by atoms with Crippen LogP contribution in [-0.2, 0) is 0 Å². The topological polar surface area (TPSA) is 59.8 Å². The zero-order valence-corrected chi connectivity index (χ0v) is 19.7. The number of unbranched alkanes of at least 4 members (excludes halogenated alkanes) is 2. The van der Waals surface area contributed by atoms with E-state index in [1.165, 1.54) is 12.1 Å². The van der Waals surface area contributed by atoms with Crippen LogP contribution in [0.5, 0.6) is 5.75 Å². The van der Waals surface area contributed by atoms with Gasteiger partial charge in [0.15, 0.2) is 5.43 Å². The number of carbonyl (C=O) groups is 1. The molecule has 0 N–H and O–H groups in total. The molecule has 4 aromatic rings. The molecule has 3 aromatic carbocycles.